The first-order chi connectivity index (χ1) is 3.18. The third-order valence-electron chi connectivity index (χ3n) is 0.514. The number of rotatable bonds is 2. The molecule has 0 amide bonds. The van der Waals surface area contributed by atoms with Crippen LogP contribution in [-0.4, -0.2) is 22.9 Å². The van der Waals surface area contributed by atoms with Gasteiger partial charge in [-0.15, -0.1) is 0 Å². The predicted molar refractivity (Wildman–Crippen MR) is 29.5 cm³/mol. The molecule has 8 heavy (non-hydrogen) atoms. The molecule has 0 spiro atoms. The van der Waals surface area contributed by atoms with E-state index in [-0.39, 0.29) is 22.8 Å². The molecule has 3 nitrogen and oxygen atoms in total. The molecule has 1 unspecified atom stereocenters. The van der Waals surface area contributed by atoms with Crippen molar-refractivity contribution in [1.29, 1.82) is 0 Å². The first-order valence-electron chi connectivity index (χ1n) is 1.77. The van der Waals surface area contributed by atoms with Crippen LogP contribution in [0.5, 0.6) is 0 Å². The van der Waals surface area contributed by atoms with Crippen molar-refractivity contribution in [2.24, 2.45) is 5.73 Å². The summed E-state index contributed by atoms with van der Waals surface area (Å²) in [5, 5.41) is 8.01. The van der Waals surface area contributed by atoms with Gasteiger partial charge in [0.1, 0.15) is 6.04 Å². The summed E-state index contributed by atoms with van der Waals surface area (Å²) in [6.45, 7) is 0. The van der Waals surface area contributed by atoms with Crippen molar-refractivity contribution in [3.63, 3.8) is 0 Å². The molecule has 1 atom stereocenters. The molecule has 0 radical (unpaired) electrons. The van der Waals surface area contributed by atoms with E-state index in [2.05, 4.69) is 12.6 Å². The Hall–Kier alpha value is 0.299. The zero-order valence-corrected chi connectivity index (χ0v) is 6.02. The molecule has 0 saturated carbocycles. The van der Waals surface area contributed by atoms with Crippen molar-refractivity contribution >= 4 is 18.6 Å². The molecule has 0 rings (SSSR count). The zero-order valence-electron chi connectivity index (χ0n) is 4.02. The second-order valence-electron chi connectivity index (χ2n) is 1.13. The Morgan fingerprint density at radius 1 is 1.88 bits per heavy atom. The molecule has 50 valence electrons. The summed E-state index contributed by atoms with van der Waals surface area (Å²) in [6.07, 6.45) is 0. The number of carboxylic acids is 1. The van der Waals surface area contributed by atoms with Gasteiger partial charge in [-0.05, 0) is 0 Å². The van der Waals surface area contributed by atoms with Crippen molar-refractivity contribution in [2.75, 3.05) is 5.75 Å². The summed E-state index contributed by atoms with van der Waals surface area (Å²) in [5.74, 6) is -0.815. The average Bonchev–Trinajstić information content (AvgIpc) is 1.65. The molecule has 0 heterocycles. The largest absolute Gasteiger partial charge is 0.480 e. The van der Waals surface area contributed by atoms with Gasteiger partial charge in [0.25, 0.3) is 0 Å². The van der Waals surface area contributed by atoms with Crippen LogP contribution < -0.4 is 5.73 Å². The van der Waals surface area contributed by atoms with Crippen LogP contribution in [-0.2, 0) is 21.9 Å². The summed E-state index contributed by atoms with van der Waals surface area (Å²) < 4.78 is 0. The minimum Gasteiger partial charge on any atom is -0.480 e. The molecule has 0 aromatic rings. The number of carbonyl (C=O) groups is 1. The molecule has 0 aliphatic carbocycles. The second kappa shape index (κ2) is 5.44. The van der Waals surface area contributed by atoms with Gasteiger partial charge in [-0.3, -0.25) is 4.79 Å². The number of nitrogens with two attached hydrogens (primary N) is 1. The van der Waals surface area contributed by atoms with E-state index >= 15 is 0 Å². The summed E-state index contributed by atoms with van der Waals surface area (Å²) in [5.41, 5.74) is 4.94. The molecule has 5 heteroatoms. The Morgan fingerprint density at radius 2 is 2.25 bits per heavy atom. The fraction of sp³-hybridized carbons (Fsp3) is 0.667. The number of carboxylic acid groups (broad SMARTS) is 1. The second-order valence-corrected chi connectivity index (χ2v) is 1.49. The van der Waals surface area contributed by atoms with E-state index in [1.54, 1.807) is 0 Å². The quantitative estimate of drug-likeness (QED) is 0.387. The van der Waals surface area contributed by atoms with Crippen molar-refractivity contribution in [1.82, 2.24) is 0 Å². The molecule has 0 aliphatic heterocycles. The number of aliphatic carboxylic acids is 1. The maximum Gasteiger partial charge on any atom is 0.321 e. The molecule has 0 aliphatic rings. The molecule has 3 N–H and O–H groups in total. The first kappa shape index (κ1) is 11.1. The van der Waals surface area contributed by atoms with E-state index in [1.165, 1.54) is 0 Å². The predicted octanol–water partition coefficient (Wildman–Crippen LogP) is -0.674. The van der Waals surface area contributed by atoms with Gasteiger partial charge in [-0.25, -0.2) is 0 Å². The molecular formula is C3H7FeNO2S. The van der Waals surface area contributed by atoms with Crippen molar-refractivity contribution in [2.45, 2.75) is 6.04 Å². The topological polar surface area (TPSA) is 63.3 Å². The van der Waals surface area contributed by atoms with E-state index in [0.717, 1.165) is 0 Å². The molecule has 0 aromatic heterocycles. The summed E-state index contributed by atoms with van der Waals surface area (Å²) in [4.78, 5) is 9.76. The molecule has 0 bridgehead atoms. The molecular weight excluding hydrogens is 170 g/mol. The van der Waals surface area contributed by atoms with Gasteiger partial charge in [0.15, 0.2) is 0 Å². The van der Waals surface area contributed by atoms with E-state index in [4.69, 9.17) is 10.8 Å². The molecule has 0 fully saturated rings. The Bertz CT molecular complexity index is 79.7. The summed E-state index contributed by atoms with van der Waals surface area (Å²) in [7, 11) is 0. The molecule has 0 saturated heterocycles. The van der Waals surface area contributed by atoms with Crippen molar-refractivity contribution in [3.8, 4) is 0 Å². The van der Waals surface area contributed by atoms with Crippen LogP contribution in [0, 0.1) is 0 Å². The van der Waals surface area contributed by atoms with Crippen LogP contribution in [0.25, 0.3) is 0 Å². The first-order valence-corrected chi connectivity index (χ1v) is 2.41. The van der Waals surface area contributed by atoms with Gasteiger partial charge < -0.3 is 10.8 Å². The standard InChI is InChI=1S/C3H7NO2S.Fe/c4-2(1-7)3(5)6;/h2,7H,1,4H2,(H,5,6);. The summed E-state index contributed by atoms with van der Waals surface area (Å²) in [6, 6.07) is -0.816. The number of thiol groups is 1. The maximum atomic E-state index is 9.76. The van der Waals surface area contributed by atoms with E-state index in [9.17, 15) is 4.79 Å². The van der Waals surface area contributed by atoms with Crippen LogP contribution >= 0.6 is 12.6 Å². The fourth-order valence-electron chi connectivity index (χ4n) is 0.0781. The van der Waals surface area contributed by atoms with E-state index in [1.807, 2.05) is 0 Å². The zero-order chi connectivity index (χ0) is 5.86. The summed E-state index contributed by atoms with van der Waals surface area (Å²) >= 11 is 3.65. The minimum atomic E-state index is -1.00. The third-order valence-corrected chi connectivity index (χ3v) is 0.907. The van der Waals surface area contributed by atoms with Gasteiger partial charge in [0, 0.05) is 22.8 Å². The SMILES string of the molecule is NC(CS)C(=O)O.[Fe]. The van der Waals surface area contributed by atoms with E-state index in [0.29, 0.717) is 0 Å². The number of hydrogen-bond acceptors (Lipinski definition) is 3. The number of hydrogen-bond donors (Lipinski definition) is 3. The Labute approximate surface area is 63.5 Å². The Balaban J connectivity index is 0. The van der Waals surface area contributed by atoms with E-state index < -0.39 is 12.0 Å². The van der Waals surface area contributed by atoms with Gasteiger partial charge in [0.05, 0.1) is 0 Å². The maximum absolute atomic E-state index is 9.76. The van der Waals surface area contributed by atoms with Crippen LogP contribution in [0.2, 0.25) is 0 Å². The smallest absolute Gasteiger partial charge is 0.321 e. The fourth-order valence-corrected chi connectivity index (χ4v) is 0.234. The van der Waals surface area contributed by atoms with Gasteiger partial charge in [-0.2, -0.15) is 12.6 Å². The van der Waals surface area contributed by atoms with Gasteiger partial charge in [0.2, 0.25) is 0 Å². The van der Waals surface area contributed by atoms with Crippen LogP contribution in [0.15, 0.2) is 0 Å². The Morgan fingerprint density at radius 3 is 2.25 bits per heavy atom. The van der Waals surface area contributed by atoms with Crippen molar-refractivity contribution < 1.29 is 27.0 Å². The van der Waals surface area contributed by atoms with Crippen LogP contribution in [0.1, 0.15) is 0 Å². The normalized spacial score (nSPS) is 11.8. The van der Waals surface area contributed by atoms with Gasteiger partial charge >= 0.3 is 5.97 Å². The average molecular weight is 177 g/mol. The van der Waals surface area contributed by atoms with Crippen LogP contribution in [0.4, 0.5) is 0 Å². The Kier molecular flexibility index (Phi) is 7.57. The molecule has 0 aromatic carbocycles. The third kappa shape index (κ3) is 4.46. The minimum absolute atomic E-state index is 0. The van der Waals surface area contributed by atoms with Crippen LogP contribution in [0.3, 0.4) is 0 Å². The monoisotopic (exact) mass is 177 g/mol. The van der Waals surface area contributed by atoms with Crippen molar-refractivity contribution in [3.05, 3.63) is 0 Å². The van der Waals surface area contributed by atoms with Gasteiger partial charge in [-0.1, -0.05) is 0 Å².